The van der Waals surface area contributed by atoms with Gasteiger partial charge in [-0.3, -0.25) is 0 Å². The van der Waals surface area contributed by atoms with Crippen molar-refractivity contribution in [2.45, 2.75) is 11.7 Å². The third kappa shape index (κ3) is 1.83. The van der Waals surface area contributed by atoms with Crippen molar-refractivity contribution in [1.29, 1.82) is 0 Å². The molecule has 0 radical (unpaired) electrons. The van der Waals surface area contributed by atoms with Gasteiger partial charge in [0.25, 0.3) is 0 Å². The van der Waals surface area contributed by atoms with Gasteiger partial charge in [-0.15, -0.1) is 11.6 Å². The molecule has 0 aliphatic carbocycles. The molecule has 1 aliphatic heterocycles. The van der Waals surface area contributed by atoms with Crippen molar-refractivity contribution in [1.82, 2.24) is 0 Å². The number of rotatable bonds is 0. The van der Waals surface area contributed by atoms with Crippen LogP contribution in [0.4, 0.5) is 0 Å². The zero-order valence-corrected chi connectivity index (χ0v) is 6.06. The second-order valence-electron chi connectivity index (χ2n) is 1.74. The number of hydrogen-bond acceptors (Lipinski definition) is 2. The van der Waals surface area contributed by atoms with Crippen molar-refractivity contribution in [3.05, 3.63) is 11.1 Å². The van der Waals surface area contributed by atoms with Crippen molar-refractivity contribution in [3.63, 3.8) is 0 Å². The minimum absolute atomic E-state index is 0.276. The molecule has 1 heterocycles. The second kappa shape index (κ2) is 2.88. The molecular formula is C5H6Cl2O2. The number of ether oxygens (including phenoxy) is 1. The predicted octanol–water partition coefficient (Wildman–Crippen LogP) is 1.07. The van der Waals surface area contributed by atoms with Gasteiger partial charge in [-0.2, -0.15) is 0 Å². The van der Waals surface area contributed by atoms with Crippen molar-refractivity contribution >= 4 is 23.2 Å². The van der Waals surface area contributed by atoms with Crippen LogP contribution in [0.5, 0.6) is 0 Å². The summed E-state index contributed by atoms with van der Waals surface area (Å²) in [5.74, 6) is 0. The Balaban J connectivity index is 2.61. The summed E-state index contributed by atoms with van der Waals surface area (Å²) < 4.78 is 4.72. The van der Waals surface area contributed by atoms with E-state index in [0.717, 1.165) is 0 Å². The molecule has 0 saturated heterocycles. The van der Waals surface area contributed by atoms with E-state index >= 15 is 0 Å². The van der Waals surface area contributed by atoms with Crippen LogP contribution >= 0.6 is 23.2 Å². The Kier molecular flexibility index (Phi) is 2.35. The van der Waals surface area contributed by atoms with E-state index in [9.17, 15) is 0 Å². The van der Waals surface area contributed by atoms with Crippen LogP contribution in [-0.2, 0) is 4.74 Å². The molecule has 2 nitrogen and oxygen atoms in total. The Morgan fingerprint density at radius 3 is 2.89 bits per heavy atom. The molecule has 1 rings (SSSR count). The third-order valence-electron chi connectivity index (χ3n) is 1.01. The molecular weight excluding hydrogens is 163 g/mol. The fourth-order valence-corrected chi connectivity index (χ4v) is 0.868. The summed E-state index contributed by atoms with van der Waals surface area (Å²) in [5.41, 5.74) is 0. The number of aliphatic hydroxyl groups excluding tert-OH is 1. The van der Waals surface area contributed by atoms with Crippen LogP contribution in [0.25, 0.3) is 0 Å². The quantitative estimate of drug-likeness (QED) is 0.549. The van der Waals surface area contributed by atoms with Gasteiger partial charge in [-0.05, 0) is 6.08 Å². The highest BCUT2D eigenvalue weighted by Gasteiger charge is 2.17. The zero-order valence-electron chi connectivity index (χ0n) is 4.55. The van der Waals surface area contributed by atoms with Crippen LogP contribution in [0.15, 0.2) is 11.1 Å². The van der Waals surface area contributed by atoms with Crippen molar-refractivity contribution in [2.24, 2.45) is 0 Å². The van der Waals surface area contributed by atoms with E-state index in [1.54, 1.807) is 0 Å². The molecule has 0 aromatic carbocycles. The molecule has 0 fully saturated rings. The van der Waals surface area contributed by atoms with E-state index in [2.05, 4.69) is 0 Å². The van der Waals surface area contributed by atoms with Gasteiger partial charge in [0.15, 0.2) is 6.29 Å². The van der Waals surface area contributed by atoms with Crippen molar-refractivity contribution in [3.8, 4) is 0 Å². The van der Waals surface area contributed by atoms with E-state index in [0.29, 0.717) is 5.03 Å². The minimum Gasteiger partial charge on any atom is -0.365 e. The maximum Gasteiger partial charge on any atom is 0.175 e. The molecule has 2 atom stereocenters. The van der Waals surface area contributed by atoms with Gasteiger partial charge in [0.05, 0.1) is 12.0 Å². The van der Waals surface area contributed by atoms with E-state index in [4.69, 9.17) is 33.0 Å². The highest BCUT2D eigenvalue weighted by molar-refractivity contribution is 6.37. The van der Waals surface area contributed by atoms with E-state index < -0.39 is 6.29 Å². The van der Waals surface area contributed by atoms with Gasteiger partial charge in [-0.25, -0.2) is 0 Å². The normalized spacial score (nSPS) is 36.1. The molecule has 0 aromatic heterocycles. The Morgan fingerprint density at radius 2 is 2.44 bits per heavy atom. The lowest BCUT2D eigenvalue weighted by Gasteiger charge is -2.18. The molecule has 1 N–H and O–H groups in total. The van der Waals surface area contributed by atoms with Gasteiger partial charge >= 0.3 is 0 Å². The number of hydrogen-bond donors (Lipinski definition) is 1. The fourth-order valence-electron chi connectivity index (χ4n) is 0.551. The molecule has 0 aromatic rings. The lowest BCUT2D eigenvalue weighted by atomic mass is 10.3. The summed E-state index contributed by atoms with van der Waals surface area (Å²) in [6, 6.07) is 0. The number of alkyl halides is 1. The maximum atomic E-state index is 8.76. The van der Waals surface area contributed by atoms with Gasteiger partial charge in [0, 0.05) is 5.03 Å². The lowest BCUT2D eigenvalue weighted by Crippen LogP contribution is -2.22. The van der Waals surface area contributed by atoms with Gasteiger partial charge in [0.2, 0.25) is 0 Å². The Hall–Kier alpha value is 0.240. The molecule has 0 spiro atoms. The van der Waals surface area contributed by atoms with Crippen LogP contribution in [0.3, 0.4) is 0 Å². The Morgan fingerprint density at radius 1 is 1.78 bits per heavy atom. The molecule has 4 heteroatoms. The largest absolute Gasteiger partial charge is 0.365 e. The first-order chi connectivity index (χ1) is 4.20. The van der Waals surface area contributed by atoms with Gasteiger partial charge in [0.1, 0.15) is 0 Å². The molecule has 9 heavy (non-hydrogen) atoms. The van der Waals surface area contributed by atoms with Crippen molar-refractivity contribution in [2.75, 3.05) is 6.61 Å². The Labute approximate surface area is 63.0 Å². The summed E-state index contributed by atoms with van der Waals surface area (Å²) in [7, 11) is 0. The molecule has 0 saturated carbocycles. The summed E-state index contributed by atoms with van der Waals surface area (Å²) in [4.78, 5) is 0. The number of aliphatic hydroxyl groups is 1. The second-order valence-corrected chi connectivity index (χ2v) is 2.71. The minimum atomic E-state index is -0.882. The molecule has 0 unspecified atom stereocenters. The summed E-state index contributed by atoms with van der Waals surface area (Å²) in [6.45, 7) is 0.276. The highest BCUT2D eigenvalue weighted by Crippen LogP contribution is 2.20. The highest BCUT2D eigenvalue weighted by atomic mass is 35.5. The lowest BCUT2D eigenvalue weighted by molar-refractivity contribution is -0.0683. The smallest absolute Gasteiger partial charge is 0.175 e. The first-order valence-corrected chi connectivity index (χ1v) is 3.32. The van der Waals surface area contributed by atoms with Crippen LogP contribution in [-0.4, -0.2) is 23.4 Å². The van der Waals surface area contributed by atoms with Crippen LogP contribution in [0.2, 0.25) is 0 Å². The first-order valence-electron chi connectivity index (χ1n) is 2.51. The standard InChI is InChI=1S/C5H6Cl2O2/c6-3-1-5(8)9-2-4(3)7/h1,4-5,8H,2H2/t4-,5-/m1/s1. The van der Waals surface area contributed by atoms with E-state index in [1.807, 2.05) is 0 Å². The summed E-state index contributed by atoms with van der Waals surface area (Å²) in [5, 5.41) is 8.91. The predicted molar refractivity (Wildman–Crippen MR) is 35.5 cm³/mol. The Bertz CT molecular complexity index is 135. The van der Waals surface area contributed by atoms with Gasteiger partial charge < -0.3 is 9.84 Å². The topological polar surface area (TPSA) is 29.5 Å². The molecule has 0 bridgehead atoms. The molecule has 52 valence electrons. The fraction of sp³-hybridized carbons (Fsp3) is 0.600. The zero-order chi connectivity index (χ0) is 6.85. The maximum absolute atomic E-state index is 8.76. The van der Waals surface area contributed by atoms with Crippen molar-refractivity contribution < 1.29 is 9.84 Å². The molecule has 1 aliphatic rings. The van der Waals surface area contributed by atoms with Crippen LogP contribution in [0.1, 0.15) is 0 Å². The number of halogens is 2. The first kappa shape index (κ1) is 7.35. The summed E-state index contributed by atoms with van der Waals surface area (Å²) >= 11 is 11.1. The third-order valence-corrected chi connectivity index (χ3v) is 1.88. The average molecular weight is 169 g/mol. The average Bonchev–Trinajstić information content (AvgIpc) is 1.80. The van der Waals surface area contributed by atoms with Crippen LogP contribution in [0, 0.1) is 0 Å². The van der Waals surface area contributed by atoms with Crippen LogP contribution < -0.4 is 0 Å². The summed E-state index contributed by atoms with van der Waals surface area (Å²) in [6.07, 6.45) is 0.496. The molecule has 0 amide bonds. The SMILES string of the molecule is O[C@H]1C=C(Cl)[C@H](Cl)CO1. The van der Waals surface area contributed by atoms with E-state index in [-0.39, 0.29) is 12.0 Å². The van der Waals surface area contributed by atoms with Gasteiger partial charge in [-0.1, -0.05) is 11.6 Å². The van der Waals surface area contributed by atoms with E-state index in [1.165, 1.54) is 6.08 Å². The monoisotopic (exact) mass is 168 g/mol.